The van der Waals surface area contributed by atoms with Crippen LogP contribution >= 0.6 is 0 Å². The Hall–Kier alpha value is -2.83. The van der Waals surface area contributed by atoms with Crippen LogP contribution in [-0.2, 0) is 0 Å². The second kappa shape index (κ2) is 7.61. The summed E-state index contributed by atoms with van der Waals surface area (Å²) in [5, 5.41) is 5.82. The molecule has 5 rings (SSSR count). The molecule has 0 spiro atoms. The summed E-state index contributed by atoms with van der Waals surface area (Å²) < 4.78 is 0. The van der Waals surface area contributed by atoms with E-state index in [-0.39, 0.29) is 0 Å². The molecule has 0 amide bonds. The summed E-state index contributed by atoms with van der Waals surface area (Å²) in [6.07, 6.45) is 1.91. The van der Waals surface area contributed by atoms with Crippen molar-refractivity contribution < 1.29 is 4.79 Å². The van der Waals surface area contributed by atoms with Gasteiger partial charge in [0.25, 0.3) is 0 Å². The van der Waals surface area contributed by atoms with Crippen molar-refractivity contribution in [2.45, 2.75) is 46.0 Å². The molecule has 0 saturated heterocycles. The van der Waals surface area contributed by atoms with Gasteiger partial charge in [0, 0.05) is 11.8 Å². The number of carbonyl (C=O) groups is 1. The number of rotatable bonds is 3. The lowest BCUT2D eigenvalue weighted by atomic mass is 9.92. The lowest BCUT2D eigenvalue weighted by Gasteiger charge is -2.18. The predicted molar refractivity (Wildman–Crippen MR) is 146 cm³/mol. The Morgan fingerprint density at radius 2 is 1.42 bits per heavy atom. The van der Waals surface area contributed by atoms with Gasteiger partial charge in [0.2, 0.25) is 0 Å². The topological polar surface area (TPSA) is 30.0 Å². The SMILES string of the molecule is CC(C)c1cc(-c2cc(-c3ccc4c(c3)[Si](C)(C)C(=O)[Si]4(C)C)ccn2)cc2ccccc12. The van der Waals surface area contributed by atoms with Crippen molar-refractivity contribution in [2.75, 3.05) is 0 Å². The number of pyridine rings is 1. The van der Waals surface area contributed by atoms with Crippen molar-refractivity contribution in [3.63, 3.8) is 0 Å². The maximum absolute atomic E-state index is 13.2. The summed E-state index contributed by atoms with van der Waals surface area (Å²) in [5.41, 5.74) is 5.83. The fourth-order valence-electron chi connectivity index (χ4n) is 5.55. The molecule has 4 aromatic rings. The van der Waals surface area contributed by atoms with E-state index in [9.17, 15) is 4.79 Å². The third-order valence-corrected chi connectivity index (χ3v) is 17.2. The van der Waals surface area contributed by atoms with Crippen LogP contribution in [0.15, 0.2) is 72.9 Å². The van der Waals surface area contributed by atoms with E-state index in [4.69, 9.17) is 4.98 Å². The molecule has 2 nitrogen and oxygen atoms in total. The van der Waals surface area contributed by atoms with Gasteiger partial charge in [0.05, 0.1) is 5.69 Å². The third-order valence-electron chi connectivity index (χ3n) is 7.41. The molecule has 0 saturated carbocycles. The third kappa shape index (κ3) is 3.44. The Balaban J connectivity index is 1.63. The molecule has 0 bridgehead atoms. The number of aromatic nitrogens is 1. The smallest absolute Gasteiger partial charge is 0.151 e. The van der Waals surface area contributed by atoms with Crippen LogP contribution in [0.25, 0.3) is 33.2 Å². The summed E-state index contributed by atoms with van der Waals surface area (Å²) in [6.45, 7) is 13.4. The first-order valence-electron chi connectivity index (χ1n) is 11.8. The molecule has 0 atom stereocenters. The van der Waals surface area contributed by atoms with Crippen molar-refractivity contribution in [1.82, 2.24) is 4.98 Å². The zero-order valence-corrected chi connectivity index (χ0v) is 22.4. The van der Waals surface area contributed by atoms with Crippen LogP contribution in [0.5, 0.6) is 0 Å². The molecule has 0 radical (unpaired) electrons. The van der Waals surface area contributed by atoms with Crippen LogP contribution in [0.1, 0.15) is 25.3 Å². The second-order valence-electron chi connectivity index (χ2n) is 10.7. The quantitative estimate of drug-likeness (QED) is 0.311. The summed E-state index contributed by atoms with van der Waals surface area (Å²) in [6, 6.07) is 24.2. The standard InChI is InChI=1S/C29H31NOSi2/c1-19(2)25-16-23(15-22-9-7-8-10-24(22)25)26-17-21(13-14-30-26)20-11-12-27-28(18-20)33(5,6)29(31)32(27,3)4/h7-19H,1-6H3. The van der Waals surface area contributed by atoms with Crippen molar-refractivity contribution >= 4 is 42.3 Å². The number of hydrogen-bond acceptors (Lipinski definition) is 2. The first kappa shape index (κ1) is 22.0. The van der Waals surface area contributed by atoms with E-state index in [1.54, 1.807) is 0 Å². The molecular formula is C29H31NOSi2. The molecule has 33 heavy (non-hydrogen) atoms. The molecule has 1 aliphatic heterocycles. The van der Waals surface area contributed by atoms with Gasteiger partial charge in [-0.15, -0.1) is 0 Å². The van der Waals surface area contributed by atoms with Crippen LogP contribution in [-0.4, -0.2) is 26.2 Å². The number of fused-ring (bicyclic) bond motifs is 2. The largest absolute Gasteiger partial charge is 0.310 e. The highest BCUT2D eigenvalue weighted by molar-refractivity contribution is 7.44. The van der Waals surface area contributed by atoms with Crippen LogP contribution in [0.3, 0.4) is 0 Å². The van der Waals surface area contributed by atoms with Crippen LogP contribution in [0.2, 0.25) is 26.2 Å². The van der Waals surface area contributed by atoms with Crippen molar-refractivity contribution in [3.8, 4) is 22.4 Å². The van der Waals surface area contributed by atoms with Gasteiger partial charge in [-0.3, -0.25) is 4.98 Å². The molecule has 0 unspecified atom stereocenters. The summed E-state index contributed by atoms with van der Waals surface area (Å²) in [5.74, 6) is 0.437. The van der Waals surface area contributed by atoms with Crippen molar-refractivity contribution in [3.05, 3.63) is 78.5 Å². The maximum atomic E-state index is 13.2. The van der Waals surface area contributed by atoms with Crippen molar-refractivity contribution in [1.29, 1.82) is 0 Å². The minimum atomic E-state index is -2.08. The number of nitrogens with zero attached hydrogens (tertiary/aromatic N) is 1. The van der Waals surface area contributed by atoms with Crippen LogP contribution < -0.4 is 10.4 Å². The minimum Gasteiger partial charge on any atom is -0.310 e. The molecule has 0 fully saturated rings. The lowest BCUT2D eigenvalue weighted by Crippen LogP contribution is -2.49. The molecule has 4 heteroatoms. The highest BCUT2D eigenvalue weighted by Crippen LogP contribution is 2.33. The minimum absolute atomic E-state index is 0.437. The molecular weight excluding hydrogens is 434 g/mol. The molecule has 3 aromatic carbocycles. The first-order chi connectivity index (χ1) is 15.6. The van der Waals surface area contributed by atoms with E-state index in [1.165, 1.54) is 32.3 Å². The Morgan fingerprint density at radius 3 is 2.18 bits per heavy atom. The molecule has 0 N–H and O–H groups in total. The van der Waals surface area contributed by atoms with Gasteiger partial charge >= 0.3 is 0 Å². The molecule has 1 aliphatic rings. The Bertz CT molecular complexity index is 1420. The second-order valence-corrected chi connectivity index (χ2v) is 19.7. The van der Waals surface area contributed by atoms with Gasteiger partial charge in [0.1, 0.15) is 5.03 Å². The zero-order chi connectivity index (χ0) is 23.5. The summed E-state index contributed by atoms with van der Waals surface area (Å²) >= 11 is 0. The average Bonchev–Trinajstić information content (AvgIpc) is 2.95. The maximum Gasteiger partial charge on any atom is 0.151 e. The van der Waals surface area contributed by atoms with E-state index < -0.39 is 16.1 Å². The van der Waals surface area contributed by atoms with Gasteiger partial charge in [-0.1, -0.05) is 92.9 Å². The van der Waals surface area contributed by atoms with E-state index in [2.05, 4.69) is 107 Å². The fourth-order valence-corrected chi connectivity index (χ4v) is 17.5. The number of hydrogen-bond donors (Lipinski definition) is 0. The molecule has 166 valence electrons. The fraction of sp³-hybridized carbons (Fsp3) is 0.241. The average molecular weight is 466 g/mol. The summed E-state index contributed by atoms with van der Waals surface area (Å²) in [7, 11) is -4.10. The number of benzene rings is 3. The van der Waals surface area contributed by atoms with Crippen LogP contribution in [0.4, 0.5) is 4.79 Å². The van der Waals surface area contributed by atoms with Crippen molar-refractivity contribution in [2.24, 2.45) is 0 Å². The number of carbonyl (C=O) groups excluding carboxylic acids is 1. The first-order valence-corrected chi connectivity index (χ1v) is 17.8. The predicted octanol–water partition coefficient (Wildman–Crippen LogP) is 6.82. The van der Waals surface area contributed by atoms with Gasteiger partial charge in [0.15, 0.2) is 16.1 Å². The normalized spacial score (nSPS) is 16.4. The van der Waals surface area contributed by atoms with E-state index in [0.29, 0.717) is 10.9 Å². The van der Waals surface area contributed by atoms with E-state index in [0.717, 1.165) is 16.8 Å². The molecule has 2 heterocycles. The highest BCUT2D eigenvalue weighted by atomic mass is 28.4. The molecule has 0 aliphatic carbocycles. The highest BCUT2D eigenvalue weighted by Gasteiger charge is 2.52. The summed E-state index contributed by atoms with van der Waals surface area (Å²) in [4.78, 5) is 17.9. The van der Waals surface area contributed by atoms with Crippen LogP contribution in [0, 0.1) is 0 Å². The van der Waals surface area contributed by atoms with E-state index in [1.807, 2.05) is 6.20 Å². The Morgan fingerprint density at radius 1 is 0.727 bits per heavy atom. The van der Waals surface area contributed by atoms with Gasteiger partial charge in [-0.25, -0.2) is 0 Å². The van der Waals surface area contributed by atoms with E-state index >= 15 is 0 Å². The van der Waals surface area contributed by atoms with Gasteiger partial charge < -0.3 is 4.79 Å². The van der Waals surface area contributed by atoms with Gasteiger partial charge in [-0.2, -0.15) is 0 Å². The van der Waals surface area contributed by atoms with Gasteiger partial charge in [-0.05, 0) is 57.6 Å². The molecule has 1 aromatic heterocycles. The lowest BCUT2D eigenvalue weighted by molar-refractivity contribution is 0.272. The monoisotopic (exact) mass is 465 g/mol. The zero-order valence-electron chi connectivity index (χ0n) is 20.4. The Labute approximate surface area is 198 Å². The Kier molecular flexibility index (Phi) is 5.07.